The highest BCUT2D eigenvalue weighted by atomic mass is 16.5. The topological polar surface area (TPSA) is 84.3 Å². The Kier molecular flexibility index (Phi) is 7.22. The molecule has 3 aromatic carbocycles. The number of hydrogen-bond donors (Lipinski definition) is 2. The lowest BCUT2D eigenvalue weighted by atomic mass is 9.80. The lowest BCUT2D eigenvalue weighted by Gasteiger charge is -2.37. The highest BCUT2D eigenvalue weighted by Crippen LogP contribution is 2.45. The number of aliphatic hydroxyl groups is 1. The highest BCUT2D eigenvalue weighted by molar-refractivity contribution is 5.47. The second kappa shape index (κ2) is 10.7. The number of hydrogen-bond acceptors (Lipinski definition) is 4. The molecule has 0 bridgehead atoms. The summed E-state index contributed by atoms with van der Waals surface area (Å²) in [5, 5.41) is 11.2. The summed E-state index contributed by atoms with van der Waals surface area (Å²) in [6.07, 6.45) is 2.08. The van der Waals surface area contributed by atoms with Crippen molar-refractivity contribution >= 4 is 0 Å². The minimum absolute atomic E-state index is 0.0133. The van der Waals surface area contributed by atoms with Crippen molar-refractivity contribution in [2.45, 2.75) is 37.5 Å². The number of aliphatic hydroxyl groups excluding tert-OH is 1. The first kappa shape index (κ1) is 24.9. The van der Waals surface area contributed by atoms with E-state index in [0.29, 0.717) is 13.0 Å². The molecule has 1 aromatic heterocycles. The van der Waals surface area contributed by atoms with Crippen LogP contribution >= 0.6 is 0 Å². The largest absolute Gasteiger partial charge is 0.391 e. The molecule has 0 amide bonds. The van der Waals surface area contributed by atoms with Crippen LogP contribution in [0.1, 0.15) is 42.5 Å². The van der Waals surface area contributed by atoms with E-state index in [2.05, 4.69) is 48.3 Å². The fraction of sp³-hybridized carbons (Fsp3) is 0.290. The first-order valence-electron chi connectivity index (χ1n) is 12.8. The summed E-state index contributed by atoms with van der Waals surface area (Å²) in [5.74, 6) is -0.0387. The molecular weight excluding hydrogens is 464 g/mol. The van der Waals surface area contributed by atoms with E-state index in [1.807, 2.05) is 54.6 Å². The molecule has 0 radical (unpaired) electrons. The normalized spacial score (nSPS) is 21.7. The van der Waals surface area contributed by atoms with Crippen LogP contribution in [0.15, 0.2) is 113 Å². The quantitative estimate of drug-likeness (QED) is 0.352. The Morgan fingerprint density at radius 2 is 1.38 bits per heavy atom. The second-order valence-corrected chi connectivity index (χ2v) is 9.73. The van der Waals surface area contributed by atoms with E-state index in [1.54, 1.807) is 0 Å². The number of nitrogens with zero attached hydrogens (tertiary/aromatic N) is 1. The molecule has 0 saturated heterocycles. The Balaban J connectivity index is 1.54. The van der Waals surface area contributed by atoms with Gasteiger partial charge in [0.1, 0.15) is 5.60 Å². The van der Waals surface area contributed by atoms with Crippen LogP contribution in [0.25, 0.3) is 0 Å². The molecule has 6 heteroatoms. The number of nitrogens with one attached hydrogen (secondary N) is 1. The van der Waals surface area contributed by atoms with Crippen molar-refractivity contribution < 1.29 is 9.84 Å². The van der Waals surface area contributed by atoms with Gasteiger partial charge in [0.25, 0.3) is 5.56 Å². The zero-order chi connectivity index (χ0) is 25.8. The Labute approximate surface area is 216 Å². The van der Waals surface area contributed by atoms with Crippen LogP contribution in [0.2, 0.25) is 0 Å². The predicted molar refractivity (Wildman–Crippen MR) is 143 cm³/mol. The van der Waals surface area contributed by atoms with Crippen LogP contribution in [0.5, 0.6) is 0 Å². The van der Waals surface area contributed by atoms with Crippen molar-refractivity contribution in [1.82, 2.24) is 9.55 Å². The molecule has 1 heterocycles. The molecule has 0 aliphatic heterocycles. The van der Waals surface area contributed by atoms with Crippen molar-refractivity contribution in [2.24, 2.45) is 11.8 Å². The summed E-state index contributed by atoms with van der Waals surface area (Å²) in [7, 11) is 0. The van der Waals surface area contributed by atoms with Crippen molar-refractivity contribution in [3.8, 4) is 0 Å². The molecule has 190 valence electrons. The Bertz CT molecular complexity index is 1320. The third-order valence-electron chi connectivity index (χ3n) is 7.72. The molecule has 1 aliphatic carbocycles. The molecule has 1 unspecified atom stereocenters. The summed E-state index contributed by atoms with van der Waals surface area (Å²) < 4.78 is 8.48. The minimum atomic E-state index is -0.847. The highest BCUT2D eigenvalue weighted by Gasteiger charge is 2.45. The maximum absolute atomic E-state index is 12.5. The van der Waals surface area contributed by atoms with Gasteiger partial charge in [-0.05, 0) is 34.9 Å². The van der Waals surface area contributed by atoms with E-state index in [9.17, 15) is 14.7 Å². The van der Waals surface area contributed by atoms with Gasteiger partial charge in [-0.25, -0.2) is 4.79 Å². The molecule has 5 rings (SSSR count). The summed E-state index contributed by atoms with van der Waals surface area (Å²) in [4.78, 5) is 26.4. The van der Waals surface area contributed by atoms with Crippen LogP contribution in [0.4, 0.5) is 0 Å². The van der Waals surface area contributed by atoms with Crippen LogP contribution < -0.4 is 11.2 Å². The Morgan fingerprint density at radius 3 is 1.84 bits per heavy atom. The number of ether oxygens (including phenoxy) is 1. The number of aromatic amines is 1. The first-order valence-corrected chi connectivity index (χ1v) is 12.8. The van der Waals surface area contributed by atoms with Crippen LogP contribution in [-0.2, 0) is 10.3 Å². The molecule has 1 aliphatic rings. The fourth-order valence-corrected chi connectivity index (χ4v) is 5.92. The number of benzene rings is 3. The molecular formula is C31H32N2O4. The van der Waals surface area contributed by atoms with Crippen molar-refractivity contribution in [3.63, 3.8) is 0 Å². The molecule has 6 nitrogen and oxygen atoms in total. The summed E-state index contributed by atoms with van der Waals surface area (Å²) in [6, 6.07) is 31.5. The third kappa shape index (κ3) is 4.70. The van der Waals surface area contributed by atoms with E-state index in [0.717, 1.165) is 23.1 Å². The molecule has 4 aromatic rings. The lowest BCUT2D eigenvalue weighted by Crippen LogP contribution is -2.36. The fourth-order valence-electron chi connectivity index (χ4n) is 5.92. The van der Waals surface area contributed by atoms with Gasteiger partial charge in [0.05, 0.1) is 18.8 Å². The average Bonchev–Trinajstić information content (AvgIpc) is 3.25. The van der Waals surface area contributed by atoms with Gasteiger partial charge in [0.2, 0.25) is 0 Å². The van der Waals surface area contributed by atoms with Crippen LogP contribution in [0, 0.1) is 11.8 Å². The van der Waals surface area contributed by atoms with Gasteiger partial charge in [0, 0.05) is 12.3 Å². The standard InChI is InChI=1S/C31H32N2O4/c1-2-26-22(20-27(29(26)35)33-19-18-28(34)32-30(33)36)21-37-31(23-12-6-3-7-13-23,24-14-8-4-9-15-24)25-16-10-5-11-17-25/h3-19,22,26-27,29,35H,2,20-21H2,1H3,(H,32,34,36)/t22-,26+,27-,29?/m1/s1. The zero-order valence-electron chi connectivity index (χ0n) is 20.9. The third-order valence-corrected chi connectivity index (χ3v) is 7.72. The van der Waals surface area contributed by atoms with Crippen molar-refractivity contribution in [3.05, 3.63) is 141 Å². The Morgan fingerprint density at radius 1 is 0.865 bits per heavy atom. The Hall–Kier alpha value is -3.74. The second-order valence-electron chi connectivity index (χ2n) is 9.73. The SMILES string of the molecule is CC[C@@H]1C(O)[C@H](n2ccc(=O)[nH]c2=O)C[C@@H]1COC(c1ccccc1)(c1ccccc1)c1ccccc1. The van der Waals surface area contributed by atoms with Crippen LogP contribution in [0.3, 0.4) is 0 Å². The van der Waals surface area contributed by atoms with E-state index < -0.39 is 29.0 Å². The van der Waals surface area contributed by atoms with Gasteiger partial charge in [-0.3, -0.25) is 14.3 Å². The molecule has 1 fully saturated rings. The van der Waals surface area contributed by atoms with Crippen molar-refractivity contribution in [2.75, 3.05) is 6.61 Å². The monoisotopic (exact) mass is 496 g/mol. The lowest BCUT2D eigenvalue weighted by molar-refractivity contribution is -0.0223. The van der Waals surface area contributed by atoms with E-state index in [-0.39, 0.29) is 11.8 Å². The zero-order valence-corrected chi connectivity index (χ0v) is 20.9. The predicted octanol–water partition coefficient (Wildman–Crippen LogP) is 4.49. The number of rotatable bonds is 8. The van der Waals surface area contributed by atoms with Crippen molar-refractivity contribution in [1.29, 1.82) is 0 Å². The molecule has 2 N–H and O–H groups in total. The van der Waals surface area contributed by atoms with Gasteiger partial charge in [0.15, 0.2) is 0 Å². The summed E-state index contributed by atoms with van der Waals surface area (Å²) in [6.45, 7) is 2.45. The average molecular weight is 497 g/mol. The van der Waals surface area contributed by atoms with Gasteiger partial charge in [-0.15, -0.1) is 0 Å². The first-order chi connectivity index (χ1) is 18.0. The van der Waals surface area contributed by atoms with Crippen LogP contribution in [-0.4, -0.2) is 27.4 Å². The van der Waals surface area contributed by atoms with Gasteiger partial charge in [-0.2, -0.15) is 0 Å². The van der Waals surface area contributed by atoms with E-state index >= 15 is 0 Å². The molecule has 37 heavy (non-hydrogen) atoms. The maximum Gasteiger partial charge on any atom is 0.328 e. The maximum atomic E-state index is 12.5. The minimum Gasteiger partial charge on any atom is -0.391 e. The van der Waals surface area contributed by atoms with E-state index in [4.69, 9.17) is 4.74 Å². The van der Waals surface area contributed by atoms with Gasteiger partial charge >= 0.3 is 5.69 Å². The smallest absolute Gasteiger partial charge is 0.328 e. The van der Waals surface area contributed by atoms with Gasteiger partial charge < -0.3 is 9.84 Å². The molecule has 0 spiro atoms. The number of H-pyrrole nitrogens is 1. The number of aromatic nitrogens is 2. The van der Waals surface area contributed by atoms with Gasteiger partial charge in [-0.1, -0.05) is 104 Å². The summed E-state index contributed by atoms with van der Waals surface area (Å²) in [5.41, 5.74) is 1.27. The van der Waals surface area contributed by atoms with E-state index in [1.165, 1.54) is 16.8 Å². The molecule has 1 saturated carbocycles. The summed E-state index contributed by atoms with van der Waals surface area (Å²) >= 11 is 0. The molecule has 4 atom stereocenters.